The second-order valence-electron chi connectivity index (χ2n) is 6.17. The van der Waals surface area contributed by atoms with Crippen molar-refractivity contribution in [2.75, 3.05) is 19.9 Å². The number of rotatable bonds is 9. The molecule has 3 rings (SSSR count). The molecule has 142 valence electrons. The minimum atomic E-state index is -0.130. The Morgan fingerprint density at radius 1 is 1.04 bits per heavy atom. The number of hydrogen-bond donors (Lipinski definition) is 1. The molecule has 0 fully saturated rings. The topological polar surface area (TPSA) is 73.9 Å². The highest BCUT2D eigenvalue weighted by molar-refractivity contribution is 5.98. The van der Waals surface area contributed by atoms with E-state index in [2.05, 4.69) is 5.32 Å². The lowest BCUT2D eigenvalue weighted by atomic mass is 10.1. The van der Waals surface area contributed by atoms with Crippen molar-refractivity contribution in [2.24, 2.45) is 0 Å². The molecule has 1 N–H and O–H groups in total. The van der Waals surface area contributed by atoms with Gasteiger partial charge in [-0.15, -0.1) is 0 Å². The molecule has 6 nitrogen and oxygen atoms in total. The molecule has 2 aromatic carbocycles. The zero-order valence-corrected chi connectivity index (χ0v) is 15.3. The van der Waals surface area contributed by atoms with Crippen LogP contribution in [0.5, 0.6) is 17.2 Å². The van der Waals surface area contributed by atoms with Crippen LogP contribution in [0, 0.1) is 0 Å². The predicted octanol–water partition coefficient (Wildman–Crippen LogP) is 3.14. The Kier molecular flexibility index (Phi) is 6.30. The Morgan fingerprint density at radius 2 is 1.81 bits per heavy atom. The third kappa shape index (κ3) is 5.23. The summed E-state index contributed by atoms with van der Waals surface area (Å²) in [4.78, 5) is 24.1. The van der Waals surface area contributed by atoms with Gasteiger partial charge in [0, 0.05) is 24.9 Å². The fourth-order valence-corrected chi connectivity index (χ4v) is 2.81. The monoisotopic (exact) mass is 369 g/mol. The van der Waals surface area contributed by atoms with Crippen LogP contribution < -0.4 is 19.5 Å². The molecule has 0 atom stereocenters. The van der Waals surface area contributed by atoms with Crippen LogP contribution in [-0.2, 0) is 11.2 Å². The Hall–Kier alpha value is -3.02. The molecule has 1 heterocycles. The van der Waals surface area contributed by atoms with E-state index in [0.29, 0.717) is 25.1 Å². The summed E-state index contributed by atoms with van der Waals surface area (Å²) in [5.74, 6) is 2.03. The Bertz CT molecular complexity index is 801. The Labute approximate surface area is 158 Å². The average Bonchev–Trinajstić information content (AvgIpc) is 3.15. The van der Waals surface area contributed by atoms with E-state index in [-0.39, 0.29) is 31.3 Å². The second kappa shape index (κ2) is 9.07. The van der Waals surface area contributed by atoms with Crippen molar-refractivity contribution in [1.82, 2.24) is 5.32 Å². The van der Waals surface area contributed by atoms with Gasteiger partial charge >= 0.3 is 0 Å². The van der Waals surface area contributed by atoms with E-state index in [1.54, 1.807) is 24.3 Å². The van der Waals surface area contributed by atoms with Crippen molar-refractivity contribution in [2.45, 2.75) is 26.2 Å². The van der Waals surface area contributed by atoms with E-state index in [0.717, 1.165) is 22.8 Å². The zero-order chi connectivity index (χ0) is 19.1. The summed E-state index contributed by atoms with van der Waals surface area (Å²) < 4.78 is 16.0. The number of carbonyl (C=O) groups excluding carboxylic acids is 2. The van der Waals surface area contributed by atoms with E-state index in [9.17, 15) is 9.59 Å². The highest BCUT2D eigenvalue weighted by Crippen LogP contribution is 2.32. The van der Waals surface area contributed by atoms with Gasteiger partial charge in [-0.3, -0.25) is 9.59 Å². The molecule has 0 unspecified atom stereocenters. The molecule has 1 aliphatic rings. The summed E-state index contributed by atoms with van der Waals surface area (Å²) in [5.41, 5.74) is 1.65. The van der Waals surface area contributed by atoms with E-state index in [1.807, 2.05) is 25.1 Å². The number of ether oxygens (including phenoxy) is 3. The molecule has 1 amide bonds. The number of nitrogens with one attached hydrogen (secondary N) is 1. The van der Waals surface area contributed by atoms with Gasteiger partial charge in [0.1, 0.15) is 5.75 Å². The van der Waals surface area contributed by atoms with Gasteiger partial charge in [0.25, 0.3) is 0 Å². The summed E-state index contributed by atoms with van der Waals surface area (Å²) in [6.07, 6.45) is 1.05. The summed E-state index contributed by atoms with van der Waals surface area (Å²) in [6.45, 7) is 3.25. The molecule has 0 aliphatic carbocycles. The summed E-state index contributed by atoms with van der Waals surface area (Å²) in [7, 11) is 0. The van der Waals surface area contributed by atoms with Crippen LogP contribution in [0.25, 0.3) is 0 Å². The van der Waals surface area contributed by atoms with Crippen LogP contribution in [0.3, 0.4) is 0 Å². The third-order valence-corrected chi connectivity index (χ3v) is 4.24. The van der Waals surface area contributed by atoms with Crippen LogP contribution in [0.15, 0.2) is 42.5 Å². The smallest absolute Gasteiger partial charge is 0.231 e. The molecular weight excluding hydrogens is 346 g/mol. The van der Waals surface area contributed by atoms with Gasteiger partial charge in [0.15, 0.2) is 17.3 Å². The van der Waals surface area contributed by atoms with E-state index >= 15 is 0 Å². The molecule has 0 saturated heterocycles. The first-order chi connectivity index (χ1) is 13.2. The standard InChI is InChI=1S/C21H23NO5/c1-2-25-17-6-4-16(5-7-17)18(23)8-10-21(24)22-12-11-15-3-9-19-20(13-15)27-14-26-19/h3-7,9,13H,2,8,10-12,14H2,1H3,(H,22,24). The van der Waals surface area contributed by atoms with E-state index in [1.165, 1.54) is 0 Å². The largest absolute Gasteiger partial charge is 0.494 e. The summed E-state index contributed by atoms with van der Waals surface area (Å²) in [6, 6.07) is 12.7. The van der Waals surface area contributed by atoms with E-state index in [4.69, 9.17) is 14.2 Å². The quantitative estimate of drug-likeness (QED) is 0.688. The molecule has 0 aromatic heterocycles. The lowest BCUT2D eigenvalue weighted by molar-refractivity contribution is -0.121. The number of ketones is 1. The molecule has 6 heteroatoms. The van der Waals surface area contributed by atoms with Crippen molar-refractivity contribution in [3.8, 4) is 17.2 Å². The average molecular weight is 369 g/mol. The molecule has 0 bridgehead atoms. The van der Waals surface area contributed by atoms with Crippen LogP contribution >= 0.6 is 0 Å². The van der Waals surface area contributed by atoms with Gasteiger partial charge < -0.3 is 19.5 Å². The van der Waals surface area contributed by atoms with Crippen molar-refractivity contribution >= 4 is 11.7 Å². The number of benzene rings is 2. The van der Waals surface area contributed by atoms with Gasteiger partial charge in [-0.1, -0.05) is 6.07 Å². The maximum absolute atomic E-state index is 12.2. The van der Waals surface area contributed by atoms with Crippen LogP contribution in [0.4, 0.5) is 0 Å². The Morgan fingerprint density at radius 3 is 2.59 bits per heavy atom. The third-order valence-electron chi connectivity index (χ3n) is 4.24. The predicted molar refractivity (Wildman–Crippen MR) is 100 cm³/mol. The highest BCUT2D eigenvalue weighted by atomic mass is 16.7. The molecule has 0 radical (unpaired) electrons. The van der Waals surface area contributed by atoms with Crippen molar-refractivity contribution in [3.05, 3.63) is 53.6 Å². The van der Waals surface area contributed by atoms with E-state index < -0.39 is 0 Å². The first-order valence-electron chi connectivity index (χ1n) is 9.07. The molecule has 27 heavy (non-hydrogen) atoms. The maximum Gasteiger partial charge on any atom is 0.231 e. The molecule has 2 aromatic rings. The van der Waals surface area contributed by atoms with Gasteiger partial charge in [0.2, 0.25) is 12.7 Å². The summed E-state index contributed by atoms with van der Waals surface area (Å²) in [5, 5.41) is 2.85. The fourth-order valence-electron chi connectivity index (χ4n) is 2.81. The number of hydrogen-bond acceptors (Lipinski definition) is 5. The fraction of sp³-hybridized carbons (Fsp3) is 0.333. The van der Waals surface area contributed by atoms with Crippen molar-refractivity contribution in [1.29, 1.82) is 0 Å². The van der Waals surface area contributed by atoms with Gasteiger partial charge in [-0.05, 0) is 55.3 Å². The molecular formula is C21H23NO5. The number of carbonyl (C=O) groups is 2. The van der Waals surface area contributed by atoms with Gasteiger partial charge in [-0.2, -0.15) is 0 Å². The van der Waals surface area contributed by atoms with Gasteiger partial charge in [-0.25, -0.2) is 0 Å². The number of Topliss-reactive ketones (excluding diaryl/α,β-unsaturated/α-hetero) is 1. The Balaban J connectivity index is 1.38. The maximum atomic E-state index is 12.2. The summed E-state index contributed by atoms with van der Waals surface area (Å²) >= 11 is 0. The first kappa shape index (κ1) is 18.8. The highest BCUT2D eigenvalue weighted by Gasteiger charge is 2.13. The lowest BCUT2D eigenvalue weighted by Gasteiger charge is -2.07. The minimum absolute atomic E-state index is 0.0519. The lowest BCUT2D eigenvalue weighted by Crippen LogP contribution is -2.26. The number of amides is 1. The first-order valence-corrected chi connectivity index (χ1v) is 9.07. The molecule has 1 aliphatic heterocycles. The van der Waals surface area contributed by atoms with Gasteiger partial charge in [0.05, 0.1) is 6.61 Å². The molecule has 0 spiro atoms. The SMILES string of the molecule is CCOc1ccc(C(=O)CCC(=O)NCCc2ccc3c(c2)OCO3)cc1. The number of fused-ring (bicyclic) bond motifs is 1. The molecule has 0 saturated carbocycles. The van der Waals surface area contributed by atoms with Crippen LogP contribution in [0.2, 0.25) is 0 Å². The second-order valence-corrected chi connectivity index (χ2v) is 6.17. The van der Waals surface area contributed by atoms with Crippen LogP contribution in [-0.4, -0.2) is 31.6 Å². The normalized spacial score (nSPS) is 11.9. The van der Waals surface area contributed by atoms with Crippen LogP contribution in [0.1, 0.15) is 35.7 Å². The van der Waals surface area contributed by atoms with Crippen molar-refractivity contribution in [3.63, 3.8) is 0 Å². The van der Waals surface area contributed by atoms with Crippen molar-refractivity contribution < 1.29 is 23.8 Å². The minimum Gasteiger partial charge on any atom is -0.494 e. The zero-order valence-electron chi connectivity index (χ0n) is 15.3.